The molecule has 32 heavy (non-hydrogen) atoms. The molecule has 0 radical (unpaired) electrons. The summed E-state index contributed by atoms with van der Waals surface area (Å²) in [4.78, 5) is 7.14. The van der Waals surface area contributed by atoms with Crippen molar-refractivity contribution < 1.29 is 9.47 Å². The smallest absolute Gasteiger partial charge is 0.169 e. The van der Waals surface area contributed by atoms with Crippen molar-refractivity contribution in [2.45, 2.75) is 45.6 Å². The number of ether oxygens (including phenoxy) is 2. The lowest BCUT2D eigenvalue weighted by atomic mass is 9.79. The van der Waals surface area contributed by atoms with Gasteiger partial charge >= 0.3 is 0 Å². The van der Waals surface area contributed by atoms with Crippen LogP contribution in [0, 0.1) is 6.92 Å². The molecule has 1 aliphatic heterocycles. The predicted octanol–water partition coefficient (Wildman–Crippen LogP) is 7.27. The largest absolute Gasteiger partial charge is 0.493 e. The lowest BCUT2D eigenvalue weighted by Crippen LogP contribution is -2.45. The van der Waals surface area contributed by atoms with Crippen molar-refractivity contribution in [2.75, 3.05) is 19.1 Å². The molecule has 4 nitrogen and oxygen atoms in total. The Bertz CT molecular complexity index is 1130. The first-order chi connectivity index (χ1) is 15.3. The van der Waals surface area contributed by atoms with Crippen molar-refractivity contribution in [1.29, 1.82) is 0 Å². The van der Waals surface area contributed by atoms with Gasteiger partial charge in [-0.05, 0) is 98.3 Å². The van der Waals surface area contributed by atoms with E-state index in [4.69, 9.17) is 14.5 Å². The van der Waals surface area contributed by atoms with Crippen LogP contribution in [0.5, 0.6) is 17.2 Å². The number of hydrogen-bond donors (Lipinski definition) is 0. The molecule has 166 valence electrons. The van der Waals surface area contributed by atoms with Gasteiger partial charge in [-0.3, -0.25) is 4.99 Å². The summed E-state index contributed by atoms with van der Waals surface area (Å²) < 4.78 is 11.3. The molecule has 0 fully saturated rings. The zero-order valence-corrected chi connectivity index (χ0v) is 19.8. The van der Waals surface area contributed by atoms with Gasteiger partial charge in [0, 0.05) is 24.5 Å². The third kappa shape index (κ3) is 4.36. The Morgan fingerprint density at radius 3 is 2.41 bits per heavy atom. The molecule has 1 atom stereocenters. The van der Waals surface area contributed by atoms with Crippen LogP contribution in [0.2, 0.25) is 0 Å². The zero-order valence-electron chi connectivity index (χ0n) is 19.8. The van der Waals surface area contributed by atoms with Gasteiger partial charge in [0.1, 0.15) is 5.75 Å². The van der Waals surface area contributed by atoms with Crippen LogP contribution in [0.25, 0.3) is 0 Å². The second kappa shape index (κ2) is 8.70. The summed E-state index contributed by atoms with van der Waals surface area (Å²) >= 11 is 0. The Balaban J connectivity index is 1.53. The normalized spacial score (nSPS) is 17.3. The Morgan fingerprint density at radius 1 is 1.03 bits per heavy atom. The molecule has 1 unspecified atom stereocenters. The summed E-state index contributed by atoms with van der Waals surface area (Å²) in [6, 6.07) is 20.0. The summed E-state index contributed by atoms with van der Waals surface area (Å²) in [5.41, 5.74) is 6.20. The number of hydrogen-bond acceptors (Lipinski definition) is 4. The molecule has 0 aromatic heterocycles. The Labute approximate surface area is 191 Å². The Hall–Kier alpha value is -3.27. The van der Waals surface area contributed by atoms with Crippen LogP contribution in [-0.4, -0.2) is 25.9 Å². The van der Waals surface area contributed by atoms with Gasteiger partial charge in [-0.15, -0.1) is 0 Å². The van der Waals surface area contributed by atoms with Crippen LogP contribution in [0.4, 0.5) is 11.4 Å². The van der Waals surface area contributed by atoms with Crippen LogP contribution >= 0.6 is 0 Å². The van der Waals surface area contributed by atoms with E-state index in [0.29, 0.717) is 17.4 Å². The first-order valence-electron chi connectivity index (χ1n) is 11.1. The summed E-state index contributed by atoms with van der Waals surface area (Å²) in [6.45, 7) is 9.12. The molecule has 3 aromatic carbocycles. The van der Waals surface area contributed by atoms with E-state index in [-0.39, 0.29) is 5.54 Å². The maximum absolute atomic E-state index is 5.96. The van der Waals surface area contributed by atoms with Crippen molar-refractivity contribution in [1.82, 2.24) is 0 Å². The maximum Gasteiger partial charge on any atom is 0.169 e. The van der Waals surface area contributed by atoms with Crippen LogP contribution in [0.15, 0.2) is 65.7 Å². The molecule has 0 aliphatic carbocycles. The number of aryl methyl sites for hydroxylation is 1. The summed E-state index contributed by atoms with van der Waals surface area (Å²) in [6.07, 6.45) is 3.11. The van der Waals surface area contributed by atoms with E-state index < -0.39 is 0 Å². The van der Waals surface area contributed by atoms with Crippen LogP contribution in [0.3, 0.4) is 0 Å². The molecule has 0 N–H and O–H groups in total. The van der Waals surface area contributed by atoms with E-state index in [9.17, 15) is 0 Å². The topological polar surface area (TPSA) is 34.1 Å². The quantitative estimate of drug-likeness (QED) is 0.401. The minimum atomic E-state index is 0.169. The van der Waals surface area contributed by atoms with Crippen molar-refractivity contribution in [3.05, 3.63) is 77.4 Å². The molecule has 0 bridgehead atoms. The van der Waals surface area contributed by atoms with Crippen molar-refractivity contribution in [3.63, 3.8) is 0 Å². The number of fused-ring (bicyclic) bond motifs is 1. The first-order valence-corrected chi connectivity index (χ1v) is 11.1. The van der Waals surface area contributed by atoms with E-state index in [1.165, 1.54) is 16.8 Å². The van der Waals surface area contributed by atoms with E-state index >= 15 is 0 Å². The number of methoxy groups -OCH3 is 1. The van der Waals surface area contributed by atoms with E-state index in [1.807, 2.05) is 54.7 Å². The molecule has 1 heterocycles. The van der Waals surface area contributed by atoms with E-state index in [1.54, 1.807) is 7.11 Å². The molecule has 0 amide bonds. The number of nitrogens with zero attached hydrogens (tertiary/aromatic N) is 2. The summed E-state index contributed by atoms with van der Waals surface area (Å²) in [7, 11) is 3.84. The number of benzene rings is 3. The lowest BCUT2D eigenvalue weighted by molar-refractivity contribution is 0.379. The number of anilines is 1. The van der Waals surface area contributed by atoms with Crippen LogP contribution < -0.4 is 14.4 Å². The second-order valence-corrected chi connectivity index (χ2v) is 9.25. The average molecular weight is 429 g/mol. The molecular formula is C28H32N2O2. The first kappa shape index (κ1) is 21.9. The standard InChI is InChI=1S/C28H32N2O2/c1-19-15-25-24(20(2)17-28(3,4)30(25)5)16-21(19)18-29-22-11-13-23(14-12-22)32-27-10-8-7-9-26(27)31-6/h7-16,18,20H,17H2,1-6H3. The highest BCUT2D eigenvalue weighted by Crippen LogP contribution is 2.43. The van der Waals surface area contributed by atoms with Crippen LogP contribution in [-0.2, 0) is 0 Å². The molecule has 0 saturated carbocycles. The second-order valence-electron chi connectivity index (χ2n) is 9.25. The highest BCUT2D eigenvalue weighted by Gasteiger charge is 2.34. The number of para-hydroxylation sites is 2. The number of rotatable bonds is 5. The van der Waals surface area contributed by atoms with Gasteiger partial charge in [-0.1, -0.05) is 19.1 Å². The van der Waals surface area contributed by atoms with Gasteiger partial charge < -0.3 is 14.4 Å². The van der Waals surface area contributed by atoms with E-state index in [2.05, 4.69) is 51.8 Å². The average Bonchev–Trinajstić information content (AvgIpc) is 2.77. The fourth-order valence-corrected chi connectivity index (χ4v) is 4.45. The van der Waals surface area contributed by atoms with E-state index in [0.717, 1.165) is 23.4 Å². The summed E-state index contributed by atoms with van der Waals surface area (Å²) in [5.74, 6) is 2.67. The predicted molar refractivity (Wildman–Crippen MR) is 133 cm³/mol. The summed E-state index contributed by atoms with van der Waals surface area (Å²) in [5, 5.41) is 0. The molecule has 1 aliphatic rings. The monoisotopic (exact) mass is 428 g/mol. The molecular weight excluding hydrogens is 396 g/mol. The minimum Gasteiger partial charge on any atom is -0.493 e. The number of aliphatic imine (C=N–C) groups is 1. The Kier molecular flexibility index (Phi) is 5.96. The van der Waals surface area contributed by atoms with Crippen molar-refractivity contribution in [2.24, 2.45) is 4.99 Å². The molecule has 4 rings (SSSR count). The molecule has 4 heteroatoms. The van der Waals surface area contributed by atoms with Gasteiger partial charge in [-0.2, -0.15) is 0 Å². The van der Waals surface area contributed by atoms with Crippen LogP contribution in [0.1, 0.15) is 49.8 Å². The van der Waals surface area contributed by atoms with Gasteiger partial charge in [0.2, 0.25) is 0 Å². The third-order valence-electron chi connectivity index (χ3n) is 6.51. The van der Waals surface area contributed by atoms with Gasteiger partial charge in [0.05, 0.1) is 12.8 Å². The third-order valence-corrected chi connectivity index (χ3v) is 6.51. The van der Waals surface area contributed by atoms with Gasteiger partial charge in [-0.25, -0.2) is 0 Å². The highest BCUT2D eigenvalue weighted by molar-refractivity contribution is 5.86. The SMILES string of the molecule is COc1ccccc1Oc1ccc(N=Cc2cc3c(cc2C)N(C)C(C)(C)CC3C)cc1. The van der Waals surface area contributed by atoms with Gasteiger partial charge in [0.25, 0.3) is 0 Å². The van der Waals surface area contributed by atoms with Crippen molar-refractivity contribution in [3.8, 4) is 17.2 Å². The fraction of sp³-hybridized carbons (Fsp3) is 0.321. The maximum atomic E-state index is 5.96. The lowest BCUT2D eigenvalue weighted by Gasteiger charge is -2.45. The Morgan fingerprint density at radius 2 is 1.72 bits per heavy atom. The van der Waals surface area contributed by atoms with Gasteiger partial charge in [0.15, 0.2) is 11.5 Å². The molecule has 3 aromatic rings. The van der Waals surface area contributed by atoms with Crippen molar-refractivity contribution >= 4 is 17.6 Å². The molecule has 0 saturated heterocycles. The highest BCUT2D eigenvalue weighted by atomic mass is 16.5. The molecule has 0 spiro atoms. The zero-order chi connectivity index (χ0) is 22.9. The minimum absolute atomic E-state index is 0.169. The fourth-order valence-electron chi connectivity index (χ4n) is 4.45.